The minimum atomic E-state index is -0.547. The smallest absolute Gasteiger partial charge is 0.313 e. The SMILES string of the molecule is CCOc1cc(/C=N\Nc2ncccc2[N+](=O)[O-])c(Br)cc1OCC(=O)Nc1ccc(C)cc1. The lowest BCUT2D eigenvalue weighted by molar-refractivity contribution is -0.384. The average Bonchev–Trinajstić information content (AvgIpc) is 2.81. The first-order valence-electron chi connectivity index (χ1n) is 10.2. The van der Waals surface area contributed by atoms with Crippen LogP contribution in [0.2, 0.25) is 0 Å². The number of benzene rings is 2. The molecule has 0 aliphatic heterocycles. The van der Waals surface area contributed by atoms with Crippen molar-refractivity contribution < 1.29 is 19.2 Å². The highest BCUT2D eigenvalue weighted by molar-refractivity contribution is 9.10. The number of pyridine rings is 1. The molecule has 0 aliphatic carbocycles. The topological polar surface area (TPSA) is 128 Å². The minimum Gasteiger partial charge on any atom is -0.490 e. The van der Waals surface area contributed by atoms with Gasteiger partial charge in [0.05, 0.1) is 17.7 Å². The Kier molecular flexibility index (Phi) is 8.52. The summed E-state index contributed by atoms with van der Waals surface area (Å²) in [6.45, 7) is 3.96. The second-order valence-corrected chi connectivity index (χ2v) is 7.81. The second-order valence-electron chi connectivity index (χ2n) is 6.95. The lowest BCUT2D eigenvalue weighted by Gasteiger charge is -2.14. The lowest BCUT2D eigenvalue weighted by atomic mass is 10.2. The molecule has 1 aromatic heterocycles. The van der Waals surface area contributed by atoms with Crippen LogP contribution in [-0.2, 0) is 4.79 Å². The molecule has 3 aromatic rings. The van der Waals surface area contributed by atoms with Crippen molar-refractivity contribution >= 4 is 45.2 Å². The summed E-state index contributed by atoms with van der Waals surface area (Å²) in [6.07, 6.45) is 2.88. The minimum absolute atomic E-state index is 0.0180. The molecule has 1 heterocycles. The molecule has 176 valence electrons. The fraction of sp³-hybridized carbons (Fsp3) is 0.174. The van der Waals surface area contributed by atoms with Crippen LogP contribution in [0, 0.1) is 17.0 Å². The van der Waals surface area contributed by atoms with Gasteiger partial charge in [0, 0.05) is 28.0 Å². The van der Waals surface area contributed by atoms with Gasteiger partial charge in [-0.2, -0.15) is 5.10 Å². The molecule has 0 unspecified atom stereocenters. The molecule has 0 saturated carbocycles. The molecular formula is C23H22BrN5O5. The summed E-state index contributed by atoms with van der Waals surface area (Å²) in [4.78, 5) is 26.7. The van der Waals surface area contributed by atoms with Gasteiger partial charge >= 0.3 is 5.69 Å². The van der Waals surface area contributed by atoms with Gasteiger partial charge in [0.2, 0.25) is 5.82 Å². The quantitative estimate of drug-likeness (QED) is 0.217. The van der Waals surface area contributed by atoms with Gasteiger partial charge in [0.1, 0.15) is 0 Å². The Labute approximate surface area is 204 Å². The number of hydrazone groups is 1. The predicted molar refractivity (Wildman–Crippen MR) is 133 cm³/mol. The van der Waals surface area contributed by atoms with Crippen LogP contribution in [-0.4, -0.2) is 35.2 Å². The molecule has 0 aliphatic rings. The van der Waals surface area contributed by atoms with Gasteiger partial charge in [-0.15, -0.1) is 0 Å². The Morgan fingerprint density at radius 1 is 1.21 bits per heavy atom. The number of anilines is 2. The zero-order chi connectivity index (χ0) is 24.5. The summed E-state index contributed by atoms with van der Waals surface area (Å²) in [5, 5.41) is 17.9. The van der Waals surface area contributed by atoms with Crippen molar-refractivity contribution in [1.82, 2.24) is 4.98 Å². The summed E-state index contributed by atoms with van der Waals surface area (Å²) < 4.78 is 12.0. The molecule has 2 N–H and O–H groups in total. The van der Waals surface area contributed by atoms with Crippen molar-refractivity contribution in [2.24, 2.45) is 5.10 Å². The number of aryl methyl sites for hydroxylation is 1. The van der Waals surface area contributed by atoms with Crippen molar-refractivity contribution in [3.05, 3.63) is 80.4 Å². The third-order valence-electron chi connectivity index (χ3n) is 4.41. The van der Waals surface area contributed by atoms with Crippen LogP contribution in [0.1, 0.15) is 18.1 Å². The van der Waals surface area contributed by atoms with Gasteiger partial charge in [-0.1, -0.05) is 17.7 Å². The molecule has 34 heavy (non-hydrogen) atoms. The Balaban J connectivity index is 1.70. The Morgan fingerprint density at radius 3 is 2.65 bits per heavy atom. The van der Waals surface area contributed by atoms with E-state index in [2.05, 4.69) is 36.8 Å². The van der Waals surface area contributed by atoms with Crippen LogP contribution in [0.5, 0.6) is 11.5 Å². The van der Waals surface area contributed by atoms with E-state index in [0.29, 0.717) is 33.8 Å². The van der Waals surface area contributed by atoms with E-state index in [1.165, 1.54) is 24.5 Å². The van der Waals surface area contributed by atoms with Crippen molar-refractivity contribution in [1.29, 1.82) is 0 Å². The van der Waals surface area contributed by atoms with Crippen molar-refractivity contribution in [3.63, 3.8) is 0 Å². The number of halogens is 1. The summed E-state index contributed by atoms with van der Waals surface area (Å²) in [5.74, 6) is 0.496. The Bertz CT molecular complexity index is 1200. The Hall–Kier alpha value is -3.99. The first-order valence-corrected chi connectivity index (χ1v) is 11.0. The number of hydrogen-bond donors (Lipinski definition) is 2. The first-order chi connectivity index (χ1) is 16.4. The number of aromatic nitrogens is 1. The molecule has 0 atom stereocenters. The molecule has 0 spiro atoms. The van der Waals surface area contributed by atoms with E-state index in [4.69, 9.17) is 9.47 Å². The summed E-state index contributed by atoms with van der Waals surface area (Å²) in [5.41, 5.74) is 4.77. The van der Waals surface area contributed by atoms with Crippen LogP contribution in [0.25, 0.3) is 0 Å². The van der Waals surface area contributed by atoms with Crippen LogP contribution in [0.4, 0.5) is 17.2 Å². The van der Waals surface area contributed by atoms with E-state index >= 15 is 0 Å². The number of amides is 1. The van der Waals surface area contributed by atoms with E-state index in [9.17, 15) is 14.9 Å². The highest BCUT2D eigenvalue weighted by Gasteiger charge is 2.14. The fourth-order valence-electron chi connectivity index (χ4n) is 2.80. The molecule has 3 rings (SSSR count). The number of rotatable bonds is 10. The van der Waals surface area contributed by atoms with Crippen LogP contribution in [0.15, 0.2) is 64.3 Å². The second kappa shape index (κ2) is 11.8. The number of nitrogens with zero attached hydrogens (tertiary/aromatic N) is 3. The maximum absolute atomic E-state index is 12.3. The zero-order valence-corrected chi connectivity index (χ0v) is 20.0. The molecule has 1 amide bonds. The summed E-state index contributed by atoms with van der Waals surface area (Å²) in [7, 11) is 0. The summed E-state index contributed by atoms with van der Waals surface area (Å²) >= 11 is 3.45. The largest absolute Gasteiger partial charge is 0.490 e. The number of hydrogen-bond acceptors (Lipinski definition) is 8. The average molecular weight is 528 g/mol. The third kappa shape index (κ3) is 6.75. The highest BCUT2D eigenvalue weighted by atomic mass is 79.9. The number of nitrogens with one attached hydrogen (secondary N) is 2. The first kappa shape index (κ1) is 24.6. The van der Waals surface area contributed by atoms with Gasteiger partial charge in [0.25, 0.3) is 5.91 Å². The van der Waals surface area contributed by atoms with Crippen molar-refractivity contribution in [2.45, 2.75) is 13.8 Å². The number of carbonyl (C=O) groups is 1. The van der Waals surface area contributed by atoms with Gasteiger partial charge in [-0.3, -0.25) is 20.3 Å². The van der Waals surface area contributed by atoms with E-state index in [1.807, 2.05) is 38.1 Å². The molecular weight excluding hydrogens is 506 g/mol. The van der Waals surface area contributed by atoms with Crippen LogP contribution >= 0.6 is 15.9 Å². The molecule has 0 saturated heterocycles. The Morgan fingerprint density at radius 2 is 1.94 bits per heavy atom. The maximum Gasteiger partial charge on any atom is 0.313 e. The molecule has 0 radical (unpaired) electrons. The maximum atomic E-state index is 12.3. The van der Waals surface area contributed by atoms with E-state index < -0.39 is 4.92 Å². The standard InChI is InChI=1S/C23H22BrN5O5/c1-3-33-20-11-16(13-26-28-23-19(29(31)32)5-4-10-25-23)18(24)12-21(20)34-14-22(30)27-17-8-6-15(2)7-9-17/h4-13H,3,14H2,1-2H3,(H,25,28)(H,27,30)/b26-13-. The number of ether oxygens (including phenoxy) is 2. The van der Waals surface area contributed by atoms with E-state index in [0.717, 1.165) is 5.56 Å². The fourth-order valence-corrected chi connectivity index (χ4v) is 3.23. The number of carbonyl (C=O) groups excluding carboxylic acids is 1. The van der Waals surface area contributed by atoms with Crippen LogP contribution < -0.4 is 20.2 Å². The summed E-state index contributed by atoms with van der Waals surface area (Å²) in [6, 6.07) is 13.6. The van der Waals surface area contributed by atoms with Gasteiger partial charge in [0.15, 0.2) is 18.1 Å². The third-order valence-corrected chi connectivity index (χ3v) is 5.10. The van der Waals surface area contributed by atoms with Gasteiger partial charge in [-0.25, -0.2) is 4.98 Å². The highest BCUT2D eigenvalue weighted by Crippen LogP contribution is 2.33. The van der Waals surface area contributed by atoms with Gasteiger partial charge in [-0.05, 0) is 60.1 Å². The monoisotopic (exact) mass is 527 g/mol. The predicted octanol–water partition coefficient (Wildman–Crippen LogP) is 4.92. The van der Waals surface area contributed by atoms with Crippen molar-refractivity contribution in [3.8, 4) is 11.5 Å². The van der Waals surface area contributed by atoms with E-state index in [-0.39, 0.29) is 24.0 Å². The number of nitro groups is 1. The van der Waals surface area contributed by atoms with Crippen molar-refractivity contribution in [2.75, 3.05) is 24.0 Å². The normalized spacial score (nSPS) is 10.7. The molecule has 10 nitrogen and oxygen atoms in total. The van der Waals surface area contributed by atoms with Gasteiger partial charge < -0.3 is 14.8 Å². The molecule has 11 heteroatoms. The van der Waals surface area contributed by atoms with Crippen LogP contribution in [0.3, 0.4) is 0 Å². The zero-order valence-electron chi connectivity index (χ0n) is 18.4. The van der Waals surface area contributed by atoms with E-state index in [1.54, 1.807) is 12.1 Å². The molecule has 0 fully saturated rings. The lowest BCUT2D eigenvalue weighted by Crippen LogP contribution is -2.20. The molecule has 0 bridgehead atoms. The molecule has 2 aromatic carbocycles.